The van der Waals surface area contributed by atoms with E-state index in [1.165, 1.54) is 0 Å². The third-order valence-corrected chi connectivity index (χ3v) is 4.78. The normalized spacial score (nSPS) is 10.2. The van der Waals surface area contributed by atoms with E-state index in [9.17, 15) is 0 Å². The molecule has 0 aromatic carbocycles. The number of anilines is 1. The van der Waals surface area contributed by atoms with E-state index in [2.05, 4.69) is 15.3 Å². The number of thioether (sulfide) groups is 2. The monoisotopic (exact) mass is 436 g/mol. The molecule has 4 nitrogen and oxygen atoms in total. The van der Waals surface area contributed by atoms with Crippen molar-refractivity contribution in [2.24, 2.45) is 0 Å². The van der Waals surface area contributed by atoms with Gasteiger partial charge >= 0.3 is 0 Å². The van der Waals surface area contributed by atoms with Gasteiger partial charge in [-0.15, -0.1) is 11.3 Å². The van der Waals surface area contributed by atoms with Crippen LogP contribution in [-0.2, 0) is 0 Å². The number of rotatable bonds is 11. The quantitative estimate of drug-likeness (QED) is 0.305. The van der Waals surface area contributed by atoms with E-state index in [4.69, 9.17) is 10.2 Å². The number of nitrogens with zero attached hydrogens (tertiary/aromatic N) is 1. The molecule has 3 N–H and O–H groups in total. The van der Waals surface area contributed by atoms with Crippen molar-refractivity contribution in [1.82, 2.24) is 0 Å². The zero-order valence-electron chi connectivity index (χ0n) is 10.8. The maximum Gasteiger partial charge on any atom is 0.285 e. The maximum atomic E-state index is 8.75. The number of thiazole rings is 1. The molecule has 112 valence electrons. The van der Waals surface area contributed by atoms with Crippen molar-refractivity contribution in [2.75, 3.05) is 54.2 Å². The lowest BCUT2D eigenvalue weighted by molar-refractivity contribution is -0.356. The Labute approximate surface area is 144 Å². The Hall–Kier alpha value is 0.780. The summed E-state index contributed by atoms with van der Waals surface area (Å²) in [4.78, 5) is 5.57. The molecule has 0 aliphatic rings. The lowest BCUT2D eigenvalue weighted by Gasteiger charge is -2.14. The summed E-state index contributed by atoms with van der Waals surface area (Å²) in [6, 6.07) is 0. The Morgan fingerprint density at radius 2 is 1.63 bits per heavy atom. The molecule has 0 saturated carbocycles. The second-order valence-electron chi connectivity index (χ2n) is 3.56. The lowest BCUT2D eigenvalue weighted by Crippen LogP contribution is -3.00. The fourth-order valence-electron chi connectivity index (χ4n) is 1.43. The highest BCUT2D eigenvalue weighted by Crippen LogP contribution is 2.12. The average molecular weight is 436 g/mol. The fourth-order valence-corrected chi connectivity index (χ4v) is 3.40. The van der Waals surface area contributed by atoms with E-state index >= 15 is 0 Å². The summed E-state index contributed by atoms with van der Waals surface area (Å²) in [6.07, 6.45) is 0. The molecule has 1 aromatic rings. The Morgan fingerprint density at radius 1 is 1.05 bits per heavy atom. The van der Waals surface area contributed by atoms with E-state index in [0.29, 0.717) is 0 Å². The third-order valence-electron chi connectivity index (χ3n) is 2.28. The number of hydrogen-bond acceptors (Lipinski definition) is 6. The van der Waals surface area contributed by atoms with Crippen molar-refractivity contribution in [3.63, 3.8) is 0 Å². The molecule has 0 atom stereocenters. The number of nitrogens with one attached hydrogen (secondary N) is 1. The highest BCUT2D eigenvalue weighted by atomic mass is 127. The second-order valence-corrected chi connectivity index (χ2v) is 6.75. The molecule has 0 spiro atoms. The second kappa shape index (κ2) is 13.7. The van der Waals surface area contributed by atoms with Crippen LogP contribution in [0.15, 0.2) is 10.9 Å². The number of halogens is 1. The van der Waals surface area contributed by atoms with Crippen molar-refractivity contribution in [1.29, 1.82) is 0 Å². The van der Waals surface area contributed by atoms with Crippen molar-refractivity contribution in [3.8, 4) is 0 Å². The first-order valence-corrected chi connectivity index (χ1v) is 9.19. The van der Waals surface area contributed by atoms with Crippen LogP contribution in [0.1, 0.15) is 0 Å². The summed E-state index contributed by atoms with van der Waals surface area (Å²) in [6.45, 7) is 2.47. The molecule has 0 aliphatic carbocycles. The van der Waals surface area contributed by atoms with E-state index < -0.39 is 0 Å². The van der Waals surface area contributed by atoms with Crippen LogP contribution in [0.5, 0.6) is 0 Å². The molecule has 0 radical (unpaired) electrons. The van der Waals surface area contributed by atoms with Gasteiger partial charge in [-0.2, -0.15) is 23.5 Å². The van der Waals surface area contributed by atoms with Gasteiger partial charge in [-0.1, -0.05) is 0 Å². The molecule has 0 bridgehead atoms. The van der Waals surface area contributed by atoms with Crippen LogP contribution < -0.4 is 33.9 Å². The molecule has 0 amide bonds. The number of hydrogen-bond donors (Lipinski definition) is 2. The molecule has 1 rings (SSSR count). The smallest absolute Gasteiger partial charge is 0.285 e. The molecule has 0 saturated heterocycles. The SMILES string of the molecule is OCCSCCN(CCSCCO)c1csc[nH+]1.[I-]. The zero-order valence-corrected chi connectivity index (χ0v) is 15.4. The van der Waals surface area contributed by atoms with E-state index in [0.717, 1.165) is 41.9 Å². The Balaban J connectivity index is 0.00000324. The van der Waals surface area contributed by atoms with Crippen LogP contribution in [0.25, 0.3) is 0 Å². The van der Waals surface area contributed by atoms with Crippen LogP contribution in [0.3, 0.4) is 0 Å². The Kier molecular flexibility index (Phi) is 14.3. The highest BCUT2D eigenvalue weighted by molar-refractivity contribution is 7.99. The number of aromatic nitrogens is 1. The first-order chi connectivity index (χ1) is 8.88. The average Bonchev–Trinajstić information content (AvgIpc) is 2.91. The standard InChI is InChI=1S/C11H20N2O2S3.HI/c14-3-7-16-5-1-13(2-6-17-8-4-15)11-9-18-10-12-11;/h9-10,14-15H,1-8H2;1H. The first kappa shape index (κ1) is 19.8. The van der Waals surface area contributed by atoms with E-state index in [1.807, 2.05) is 5.51 Å². The zero-order chi connectivity index (χ0) is 13.1. The van der Waals surface area contributed by atoms with Gasteiger partial charge in [0.1, 0.15) is 5.51 Å². The maximum absolute atomic E-state index is 8.75. The molecule has 0 unspecified atom stereocenters. The van der Waals surface area contributed by atoms with Crippen LogP contribution in [-0.4, -0.2) is 59.5 Å². The summed E-state index contributed by atoms with van der Waals surface area (Å²) in [5.41, 5.74) is 1.98. The summed E-state index contributed by atoms with van der Waals surface area (Å²) < 4.78 is 0. The minimum Gasteiger partial charge on any atom is -1.00 e. The van der Waals surface area contributed by atoms with Crippen molar-refractivity contribution in [3.05, 3.63) is 10.9 Å². The Morgan fingerprint density at radius 3 is 2.05 bits per heavy atom. The van der Waals surface area contributed by atoms with Gasteiger partial charge in [0.25, 0.3) is 5.82 Å². The first-order valence-electron chi connectivity index (χ1n) is 5.94. The van der Waals surface area contributed by atoms with Gasteiger partial charge in [-0.05, 0) is 0 Å². The van der Waals surface area contributed by atoms with Crippen molar-refractivity contribution >= 4 is 40.7 Å². The van der Waals surface area contributed by atoms with Gasteiger partial charge in [-0.3, -0.25) is 4.90 Å². The summed E-state index contributed by atoms with van der Waals surface area (Å²) in [5, 5.41) is 19.6. The van der Waals surface area contributed by atoms with Crippen LogP contribution >= 0.6 is 34.9 Å². The molecule has 0 fully saturated rings. The molecule has 8 heteroatoms. The molecule has 1 heterocycles. The minimum absolute atomic E-state index is 0. The van der Waals surface area contributed by atoms with Gasteiger partial charge < -0.3 is 34.2 Å². The molecule has 19 heavy (non-hydrogen) atoms. The minimum atomic E-state index is 0. The van der Waals surface area contributed by atoms with Crippen LogP contribution in [0.2, 0.25) is 0 Å². The number of H-pyrrole nitrogens is 1. The Bertz CT molecular complexity index is 279. The van der Waals surface area contributed by atoms with Gasteiger partial charge in [0.2, 0.25) is 0 Å². The lowest BCUT2D eigenvalue weighted by atomic mass is 10.5. The molecular weight excluding hydrogens is 415 g/mol. The van der Waals surface area contributed by atoms with E-state index in [1.54, 1.807) is 34.9 Å². The van der Waals surface area contributed by atoms with Crippen LogP contribution in [0, 0.1) is 0 Å². The summed E-state index contributed by atoms with van der Waals surface area (Å²) in [7, 11) is 0. The third kappa shape index (κ3) is 9.35. The predicted octanol–water partition coefficient (Wildman–Crippen LogP) is -2.18. The summed E-state index contributed by atoms with van der Waals surface area (Å²) >= 11 is 5.21. The van der Waals surface area contributed by atoms with Crippen molar-refractivity contribution < 1.29 is 39.2 Å². The number of aliphatic hydroxyl groups is 2. The molecule has 1 aromatic heterocycles. The number of aliphatic hydroxyl groups excluding tert-OH is 2. The molecular formula is C11H21IN2O2S3. The largest absolute Gasteiger partial charge is 1.00 e. The number of aromatic amines is 1. The topological polar surface area (TPSA) is 57.8 Å². The fraction of sp³-hybridized carbons (Fsp3) is 0.727. The predicted molar refractivity (Wildman–Crippen MR) is 81.9 cm³/mol. The molecule has 0 aliphatic heterocycles. The van der Waals surface area contributed by atoms with E-state index in [-0.39, 0.29) is 37.2 Å². The van der Waals surface area contributed by atoms with Crippen molar-refractivity contribution in [2.45, 2.75) is 0 Å². The van der Waals surface area contributed by atoms with Gasteiger partial charge in [0.15, 0.2) is 0 Å². The van der Waals surface area contributed by atoms with Crippen LogP contribution in [0.4, 0.5) is 5.82 Å². The summed E-state index contributed by atoms with van der Waals surface area (Å²) in [5.74, 6) is 4.82. The van der Waals surface area contributed by atoms with Gasteiger partial charge in [0.05, 0.1) is 31.7 Å². The van der Waals surface area contributed by atoms with Gasteiger partial charge in [-0.25, -0.2) is 4.98 Å². The highest BCUT2D eigenvalue weighted by Gasteiger charge is 2.15. The van der Waals surface area contributed by atoms with Gasteiger partial charge in [0, 0.05) is 23.0 Å².